The summed E-state index contributed by atoms with van der Waals surface area (Å²) >= 11 is 0. The molecular formula is C19H24N2O4. The van der Waals surface area contributed by atoms with Gasteiger partial charge >= 0.3 is 11.9 Å². The van der Waals surface area contributed by atoms with E-state index in [9.17, 15) is 9.59 Å². The number of carbonyl (C=O) groups is 2. The van der Waals surface area contributed by atoms with Gasteiger partial charge in [0.05, 0.1) is 22.5 Å². The summed E-state index contributed by atoms with van der Waals surface area (Å²) in [4.78, 5) is 20.9. The molecule has 0 saturated carbocycles. The molecule has 0 saturated heterocycles. The highest BCUT2D eigenvalue weighted by Crippen LogP contribution is 2.28. The highest BCUT2D eigenvalue weighted by Gasteiger charge is 2.13. The Bertz CT molecular complexity index is 752. The third-order valence-corrected chi connectivity index (χ3v) is 3.94. The first-order valence-electron chi connectivity index (χ1n) is 7.96. The molecule has 0 aromatic heterocycles. The van der Waals surface area contributed by atoms with Gasteiger partial charge in [-0.15, -0.1) is 0 Å². The Kier molecular flexibility index (Phi) is 6.99. The zero-order chi connectivity index (χ0) is 19.1. The van der Waals surface area contributed by atoms with E-state index in [1.54, 1.807) is 0 Å². The molecule has 2 rings (SSSR count). The average molecular weight is 344 g/mol. The van der Waals surface area contributed by atoms with Crippen LogP contribution in [0, 0.1) is 6.92 Å². The summed E-state index contributed by atoms with van der Waals surface area (Å²) in [6.07, 6.45) is 1.98. The first-order valence-corrected chi connectivity index (χ1v) is 7.96. The van der Waals surface area contributed by atoms with Crippen molar-refractivity contribution < 1.29 is 19.8 Å². The van der Waals surface area contributed by atoms with Crippen molar-refractivity contribution in [1.82, 2.24) is 0 Å². The van der Waals surface area contributed by atoms with Crippen molar-refractivity contribution in [3.63, 3.8) is 0 Å². The monoisotopic (exact) mass is 344 g/mol. The number of rotatable bonds is 4. The minimum absolute atomic E-state index is 0.190. The van der Waals surface area contributed by atoms with E-state index < -0.39 is 11.9 Å². The second-order valence-corrected chi connectivity index (χ2v) is 5.52. The van der Waals surface area contributed by atoms with Gasteiger partial charge in [0, 0.05) is 0 Å². The molecule has 6 nitrogen and oxygen atoms in total. The number of carboxylic acids is 2. The molecule has 0 bridgehead atoms. The molecule has 25 heavy (non-hydrogen) atoms. The van der Waals surface area contributed by atoms with Gasteiger partial charge in [-0.1, -0.05) is 32.0 Å². The topological polar surface area (TPSA) is 127 Å². The lowest BCUT2D eigenvalue weighted by Crippen LogP contribution is -2.06. The molecule has 0 unspecified atom stereocenters. The molecule has 0 atom stereocenters. The van der Waals surface area contributed by atoms with Crippen LogP contribution in [0.25, 0.3) is 0 Å². The molecule has 2 aromatic carbocycles. The number of nitrogens with two attached hydrogens (primary N) is 2. The van der Waals surface area contributed by atoms with Crippen LogP contribution in [0.4, 0.5) is 11.4 Å². The Morgan fingerprint density at radius 1 is 0.920 bits per heavy atom. The molecule has 6 heteroatoms. The quantitative estimate of drug-likeness (QED) is 0.630. The number of nitrogen functional groups attached to an aromatic ring is 2. The number of aryl methyl sites for hydroxylation is 2. The summed E-state index contributed by atoms with van der Waals surface area (Å²) in [6.45, 7) is 6.26. The van der Waals surface area contributed by atoms with Gasteiger partial charge in [-0.3, -0.25) is 0 Å². The second-order valence-electron chi connectivity index (χ2n) is 5.52. The smallest absolute Gasteiger partial charge is 0.336 e. The van der Waals surface area contributed by atoms with E-state index in [0.29, 0.717) is 0 Å². The van der Waals surface area contributed by atoms with Gasteiger partial charge in [-0.05, 0) is 48.6 Å². The Morgan fingerprint density at radius 3 is 1.76 bits per heavy atom. The molecule has 0 radical (unpaired) electrons. The van der Waals surface area contributed by atoms with E-state index in [1.807, 2.05) is 6.92 Å². The van der Waals surface area contributed by atoms with Crippen molar-refractivity contribution in [3.05, 3.63) is 58.1 Å². The van der Waals surface area contributed by atoms with Gasteiger partial charge in [-0.25, -0.2) is 9.59 Å². The highest BCUT2D eigenvalue weighted by molar-refractivity contribution is 6.01. The van der Waals surface area contributed by atoms with E-state index in [0.717, 1.165) is 29.8 Å². The minimum atomic E-state index is -1.23. The molecule has 0 aliphatic rings. The van der Waals surface area contributed by atoms with Crippen LogP contribution >= 0.6 is 0 Å². The molecule has 0 amide bonds. The van der Waals surface area contributed by atoms with Crippen LogP contribution < -0.4 is 11.5 Å². The summed E-state index contributed by atoms with van der Waals surface area (Å²) in [6, 6.07) is 7.62. The van der Waals surface area contributed by atoms with Crippen LogP contribution in [-0.2, 0) is 12.8 Å². The Hall–Kier alpha value is -3.02. The van der Waals surface area contributed by atoms with Gasteiger partial charge in [0.2, 0.25) is 0 Å². The SMILES string of the molecule is CCc1cc(C)c(N)c(N)c1CC.O=C(O)c1ccccc1C(=O)O. The largest absolute Gasteiger partial charge is 0.478 e. The van der Waals surface area contributed by atoms with Crippen molar-refractivity contribution in [1.29, 1.82) is 0 Å². The van der Waals surface area contributed by atoms with Crippen molar-refractivity contribution in [2.45, 2.75) is 33.6 Å². The average Bonchev–Trinajstić information content (AvgIpc) is 2.59. The van der Waals surface area contributed by atoms with E-state index in [1.165, 1.54) is 35.4 Å². The van der Waals surface area contributed by atoms with E-state index in [4.69, 9.17) is 21.7 Å². The van der Waals surface area contributed by atoms with Crippen molar-refractivity contribution in [3.8, 4) is 0 Å². The van der Waals surface area contributed by atoms with Crippen molar-refractivity contribution in [2.24, 2.45) is 0 Å². The molecule has 0 aliphatic heterocycles. The zero-order valence-corrected chi connectivity index (χ0v) is 14.7. The molecule has 0 fully saturated rings. The normalized spacial score (nSPS) is 9.88. The summed E-state index contributed by atoms with van der Waals surface area (Å²) < 4.78 is 0. The van der Waals surface area contributed by atoms with Crippen molar-refractivity contribution >= 4 is 23.3 Å². The standard InChI is InChI=1S/C11H18N2.C8H6O4/c1-4-8-6-7(3)10(12)11(13)9(8)5-2;9-7(10)5-3-1-2-4-6(5)8(11)12/h6H,4-5,12-13H2,1-3H3;1-4H,(H,9,10)(H,11,12). The first kappa shape index (κ1) is 20.0. The number of anilines is 2. The lowest BCUT2D eigenvalue weighted by molar-refractivity contribution is 0.0651. The minimum Gasteiger partial charge on any atom is -0.478 e. The van der Waals surface area contributed by atoms with E-state index in [-0.39, 0.29) is 11.1 Å². The number of benzene rings is 2. The van der Waals surface area contributed by atoms with Gasteiger partial charge in [0.15, 0.2) is 0 Å². The number of aromatic carboxylic acids is 2. The van der Waals surface area contributed by atoms with Gasteiger partial charge in [0.1, 0.15) is 0 Å². The summed E-state index contributed by atoms with van der Waals surface area (Å²) in [5.41, 5.74) is 16.6. The Balaban J connectivity index is 0.000000251. The van der Waals surface area contributed by atoms with Crippen LogP contribution in [0.5, 0.6) is 0 Å². The fourth-order valence-electron chi connectivity index (χ4n) is 2.56. The number of carboxylic acid groups (broad SMARTS) is 2. The third kappa shape index (κ3) is 4.73. The zero-order valence-electron chi connectivity index (χ0n) is 14.7. The summed E-state index contributed by atoms with van der Waals surface area (Å²) in [5.74, 6) is -2.46. The van der Waals surface area contributed by atoms with Crippen LogP contribution in [0.1, 0.15) is 51.3 Å². The predicted octanol–water partition coefficient (Wildman–Crippen LogP) is 3.37. The third-order valence-electron chi connectivity index (χ3n) is 3.94. The van der Waals surface area contributed by atoms with Gasteiger partial charge in [0.25, 0.3) is 0 Å². The fourth-order valence-corrected chi connectivity index (χ4v) is 2.56. The summed E-state index contributed by atoms with van der Waals surface area (Å²) in [5, 5.41) is 17.1. The van der Waals surface area contributed by atoms with E-state index in [2.05, 4.69) is 19.9 Å². The first-order chi connectivity index (χ1) is 11.7. The summed E-state index contributed by atoms with van der Waals surface area (Å²) in [7, 11) is 0. The van der Waals surface area contributed by atoms with Crippen molar-refractivity contribution in [2.75, 3.05) is 11.5 Å². The Morgan fingerprint density at radius 2 is 1.40 bits per heavy atom. The lowest BCUT2D eigenvalue weighted by atomic mass is 9.97. The number of hydrogen-bond donors (Lipinski definition) is 4. The fraction of sp³-hybridized carbons (Fsp3) is 0.263. The maximum Gasteiger partial charge on any atom is 0.336 e. The maximum absolute atomic E-state index is 10.5. The molecule has 134 valence electrons. The predicted molar refractivity (Wildman–Crippen MR) is 99.1 cm³/mol. The molecular weight excluding hydrogens is 320 g/mol. The van der Waals surface area contributed by atoms with Crippen LogP contribution in [0.15, 0.2) is 30.3 Å². The van der Waals surface area contributed by atoms with Crippen LogP contribution in [0.2, 0.25) is 0 Å². The molecule has 0 spiro atoms. The molecule has 0 aliphatic carbocycles. The Labute approximate surface area is 147 Å². The molecule has 2 aromatic rings. The molecule has 6 N–H and O–H groups in total. The van der Waals surface area contributed by atoms with E-state index >= 15 is 0 Å². The van der Waals surface area contributed by atoms with Gasteiger partial charge in [-0.2, -0.15) is 0 Å². The lowest BCUT2D eigenvalue weighted by Gasteiger charge is -2.14. The second kappa shape index (κ2) is 8.73. The maximum atomic E-state index is 10.5. The molecule has 0 heterocycles. The van der Waals surface area contributed by atoms with Crippen LogP contribution in [-0.4, -0.2) is 22.2 Å². The van der Waals surface area contributed by atoms with Gasteiger partial charge < -0.3 is 21.7 Å². The number of hydrogen-bond acceptors (Lipinski definition) is 4. The highest BCUT2D eigenvalue weighted by atomic mass is 16.4. The van der Waals surface area contributed by atoms with Crippen LogP contribution in [0.3, 0.4) is 0 Å².